The van der Waals surface area contributed by atoms with Crippen LogP contribution in [0.3, 0.4) is 0 Å². The Kier molecular flexibility index (Phi) is 4.56. The molecule has 4 heteroatoms. The fourth-order valence-electron chi connectivity index (χ4n) is 2.84. The summed E-state index contributed by atoms with van der Waals surface area (Å²) in [7, 11) is 2.02. The number of likely N-dealkylation sites (N-methyl/N-ethyl adjacent to an activating group) is 1. The Bertz CT molecular complexity index is 616. The summed E-state index contributed by atoms with van der Waals surface area (Å²) < 4.78 is 6.96. The molecular weight excluding hydrogens is 328 g/mol. The molecule has 0 radical (unpaired) electrons. The lowest BCUT2D eigenvalue weighted by molar-refractivity contribution is 0.351. The Morgan fingerprint density at radius 2 is 2.10 bits per heavy atom. The largest absolute Gasteiger partial charge is 0.493 e. The van der Waals surface area contributed by atoms with Gasteiger partial charge in [-0.2, -0.15) is 0 Å². The highest BCUT2D eigenvalue weighted by atomic mass is 79.9. The van der Waals surface area contributed by atoms with E-state index in [9.17, 15) is 0 Å². The van der Waals surface area contributed by atoms with Crippen LogP contribution in [0, 0.1) is 0 Å². The van der Waals surface area contributed by atoms with Gasteiger partial charge in [0.2, 0.25) is 0 Å². The number of pyridine rings is 1. The summed E-state index contributed by atoms with van der Waals surface area (Å²) in [6.07, 6.45) is 6.65. The summed E-state index contributed by atoms with van der Waals surface area (Å²) in [4.78, 5) is 4.07. The van der Waals surface area contributed by atoms with Crippen LogP contribution in [-0.4, -0.2) is 24.7 Å². The number of rotatable bonds is 5. The van der Waals surface area contributed by atoms with Crippen molar-refractivity contribution in [2.75, 3.05) is 13.7 Å². The van der Waals surface area contributed by atoms with E-state index in [1.54, 1.807) is 0 Å². The van der Waals surface area contributed by atoms with Crippen molar-refractivity contribution in [3.63, 3.8) is 0 Å². The molecule has 0 saturated heterocycles. The standard InChI is InChI=1S/C17H19BrN2O/c1-19-16(8-12-2-5-20-6-3-12)11-14-10-15(18)9-13-4-7-21-17(13)14/h2-3,5-6,9-10,16,19H,4,7-8,11H2,1H3. The third-order valence-corrected chi connectivity index (χ3v) is 4.39. The molecule has 1 N–H and O–H groups in total. The van der Waals surface area contributed by atoms with Gasteiger partial charge >= 0.3 is 0 Å². The van der Waals surface area contributed by atoms with Crippen molar-refractivity contribution in [1.82, 2.24) is 10.3 Å². The average molecular weight is 347 g/mol. The van der Waals surface area contributed by atoms with E-state index in [-0.39, 0.29) is 0 Å². The first-order valence-corrected chi connectivity index (χ1v) is 8.06. The molecular formula is C17H19BrN2O. The lowest BCUT2D eigenvalue weighted by Crippen LogP contribution is -2.30. The second kappa shape index (κ2) is 6.58. The minimum absolute atomic E-state index is 0.384. The van der Waals surface area contributed by atoms with E-state index < -0.39 is 0 Å². The van der Waals surface area contributed by atoms with Gasteiger partial charge in [-0.25, -0.2) is 0 Å². The molecule has 0 saturated carbocycles. The first kappa shape index (κ1) is 14.5. The van der Waals surface area contributed by atoms with Crippen molar-refractivity contribution in [1.29, 1.82) is 0 Å². The summed E-state index contributed by atoms with van der Waals surface area (Å²) in [5.74, 6) is 1.09. The van der Waals surface area contributed by atoms with Gasteiger partial charge < -0.3 is 10.1 Å². The molecule has 3 rings (SSSR count). The Balaban J connectivity index is 1.78. The number of benzene rings is 1. The van der Waals surface area contributed by atoms with Crippen LogP contribution < -0.4 is 10.1 Å². The molecule has 110 valence electrons. The van der Waals surface area contributed by atoms with Gasteiger partial charge in [0.1, 0.15) is 5.75 Å². The van der Waals surface area contributed by atoms with Crippen LogP contribution in [0.5, 0.6) is 5.75 Å². The number of aromatic nitrogens is 1. The number of nitrogens with one attached hydrogen (secondary N) is 1. The number of ether oxygens (including phenoxy) is 1. The number of hydrogen-bond donors (Lipinski definition) is 1. The van der Waals surface area contributed by atoms with E-state index in [4.69, 9.17) is 4.74 Å². The highest BCUT2D eigenvalue weighted by molar-refractivity contribution is 9.10. The number of nitrogens with zero attached hydrogens (tertiary/aromatic N) is 1. The molecule has 0 fully saturated rings. The minimum Gasteiger partial charge on any atom is -0.493 e. The highest BCUT2D eigenvalue weighted by Crippen LogP contribution is 2.33. The van der Waals surface area contributed by atoms with Crippen LogP contribution in [0.1, 0.15) is 16.7 Å². The third kappa shape index (κ3) is 3.44. The van der Waals surface area contributed by atoms with Gasteiger partial charge in [0.05, 0.1) is 6.61 Å². The van der Waals surface area contributed by atoms with Crippen LogP contribution in [-0.2, 0) is 19.3 Å². The zero-order valence-electron chi connectivity index (χ0n) is 12.1. The van der Waals surface area contributed by atoms with E-state index in [0.717, 1.165) is 36.1 Å². The van der Waals surface area contributed by atoms with Crippen molar-refractivity contribution < 1.29 is 4.74 Å². The third-order valence-electron chi connectivity index (χ3n) is 3.93. The maximum Gasteiger partial charge on any atom is 0.125 e. The number of halogens is 1. The monoisotopic (exact) mass is 346 g/mol. The summed E-state index contributed by atoms with van der Waals surface area (Å²) in [5.41, 5.74) is 3.90. The van der Waals surface area contributed by atoms with Crippen molar-refractivity contribution in [2.24, 2.45) is 0 Å². The topological polar surface area (TPSA) is 34.2 Å². The Morgan fingerprint density at radius 3 is 2.86 bits per heavy atom. The summed E-state index contributed by atoms with van der Waals surface area (Å²) in [6, 6.07) is 8.89. The van der Waals surface area contributed by atoms with Crippen molar-refractivity contribution in [3.05, 3.63) is 57.8 Å². The first-order valence-electron chi connectivity index (χ1n) is 7.26. The van der Waals surface area contributed by atoms with Crippen molar-refractivity contribution in [3.8, 4) is 5.75 Å². The Labute approximate surface area is 133 Å². The lowest BCUT2D eigenvalue weighted by Gasteiger charge is -2.18. The fourth-order valence-corrected chi connectivity index (χ4v) is 3.40. The number of fused-ring (bicyclic) bond motifs is 1. The van der Waals surface area contributed by atoms with E-state index >= 15 is 0 Å². The maximum atomic E-state index is 5.82. The zero-order valence-corrected chi connectivity index (χ0v) is 13.7. The molecule has 0 amide bonds. The Morgan fingerprint density at radius 1 is 1.29 bits per heavy atom. The fraction of sp³-hybridized carbons (Fsp3) is 0.353. The molecule has 1 aliphatic rings. The molecule has 0 spiro atoms. The molecule has 1 unspecified atom stereocenters. The quantitative estimate of drug-likeness (QED) is 0.902. The molecule has 1 aromatic carbocycles. The molecule has 21 heavy (non-hydrogen) atoms. The van der Waals surface area contributed by atoms with E-state index in [0.29, 0.717) is 6.04 Å². The molecule has 1 aliphatic heterocycles. The first-order chi connectivity index (χ1) is 10.3. The predicted molar refractivity (Wildman–Crippen MR) is 87.8 cm³/mol. The van der Waals surface area contributed by atoms with Gasteiger partial charge in [-0.3, -0.25) is 4.98 Å². The molecule has 3 nitrogen and oxygen atoms in total. The van der Waals surface area contributed by atoms with Gasteiger partial charge in [-0.1, -0.05) is 15.9 Å². The van der Waals surface area contributed by atoms with Crippen LogP contribution in [0.15, 0.2) is 41.1 Å². The predicted octanol–water partition coefficient (Wildman–Crippen LogP) is 3.15. The van der Waals surface area contributed by atoms with Gasteiger partial charge in [0, 0.05) is 29.3 Å². The van der Waals surface area contributed by atoms with Crippen LogP contribution in [0.2, 0.25) is 0 Å². The van der Waals surface area contributed by atoms with Crippen molar-refractivity contribution in [2.45, 2.75) is 25.3 Å². The van der Waals surface area contributed by atoms with Crippen LogP contribution in [0.4, 0.5) is 0 Å². The summed E-state index contributed by atoms with van der Waals surface area (Å²) >= 11 is 3.61. The van der Waals surface area contributed by atoms with E-state index in [1.807, 2.05) is 19.4 Å². The van der Waals surface area contributed by atoms with E-state index in [1.165, 1.54) is 16.7 Å². The van der Waals surface area contributed by atoms with Crippen LogP contribution >= 0.6 is 15.9 Å². The summed E-state index contributed by atoms with van der Waals surface area (Å²) in [6.45, 7) is 0.799. The molecule has 0 bridgehead atoms. The zero-order chi connectivity index (χ0) is 14.7. The SMILES string of the molecule is CNC(Cc1ccncc1)Cc1cc(Br)cc2c1OCC2. The second-order valence-electron chi connectivity index (χ2n) is 5.40. The van der Waals surface area contributed by atoms with Gasteiger partial charge in [0.25, 0.3) is 0 Å². The smallest absolute Gasteiger partial charge is 0.125 e. The summed E-state index contributed by atoms with van der Waals surface area (Å²) in [5, 5.41) is 3.42. The molecule has 1 aromatic heterocycles. The van der Waals surface area contributed by atoms with Crippen molar-refractivity contribution >= 4 is 15.9 Å². The Hall–Kier alpha value is -1.39. The van der Waals surface area contributed by atoms with Gasteiger partial charge in [-0.15, -0.1) is 0 Å². The second-order valence-corrected chi connectivity index (χ2v) is 6.32. The lowest BCUT2D eigenvalue weighted by atomic mass is 9.97. The minimum atomic E-state index is 0.384. The molecule has 2 heterocycles. The van der Waals surface area contributed by atoms with Gasteiger partial charge in [0.15, 0.2) is 0 Å². The number of hydrogen-bond acceptors (Lipinski definition) is 3. The highest BCUT2D eigenvalue weighted by Gasteiger charge is 2.19. The van der Waals surface area contributed by atoms with E-state index in [2.05, 4.69) is 50.5 Å². The van der Waals surface area contributed by atoms with Crippen LogP contribution in [0.25, 0.3) is 0 Å². The molecule has 1 atom stereocenters. The van der Waals surface area contributed by atoms with Gasteiger partial charge in [-0.05, 0) is 60.8 Å². The normalized spacial score (nSPS) is 14.6. The molecule has 2 aromatic rings. The molecule has 0 aliphatic carbocycles. The average Bonchev–Trinajstić information content (AvgIpc) is 2.96. The maximum absolute atomic E-state index is 5.82.